The average molecular weight is 466 g/mol. The Balaban J connectivity index is 2.06. The van der Waals surface area contributed by atoms with Gasteiger partial charge in [0.25, 0.3) is 22.9 Å². The van der Waals surface area contributed by atoms with E-state index in [-0.39, 0.29) is 22.4 Å². The molecule has 0 aliphatic rings. The van der Waals surface area contributed by atoms with Gasteiger partial charge in [-0.2, -0.15) is 0 Å². The number of carbonyl (C=O) groups excluding carboxylic acids is 4. The maximum Gasteiger partial charge on any atom is 0.375 e. The first-order valence-corrected chi connectivity index (χ1v) is 9.76. The molecule has 0 fully saturated rings. The number of nitro benzene ring substituents is 1. The molecule has 0 aliphatic carbocycles. The minimum absolute atomic E-state index is 0.00904. The summed E-state index contributed by atoms with van der Waals surface area (Å²) in [6.45, 7) is 3.64. The number of Topliss-reactive ketones (excluding diaryl/α,β-unsaturated/α-hetero) is 2. The van der Waals surface area contributed by atoms with Crippen LogP contribution in [0.1, 0.15) is 22.7 Å². The monoisotopic (exact) mass is 466 g/mol. The normalized spacial score (nSPS) is 11.5. The van der Waals surface area contributed by atoms with Crippen LogP contribution in [-0.2, 0) is 23.9 Å². The lowest BCUT2D eigenvalue weighted by Gasteiger charge is -2.13. The maximum atomic E-state index is 13.0. The molecule has 1 amide bonds. The number of methoxy groups -OCH3 is 1. The summed E-state index contributed by atoms with van der Waals surface area (Å²) in [7, 11) is 0.897. The lowest BCUT2D eigenvalue weighted by Crippen LogP contribution is -2.39. The third-order valence-electron chi connectivity index (χ3n) is 5.09. The second-order valence-electron chi connectivity index (χ2n) is 7.32. The Morgan fingerprint density at radius 2 is 1.76 bits per heavy atom. The van der Waals surface area contributed by atoms with Gasteiger partial charge in [-0.25, -0.2) is 9.78 Å². The van der Waals surface area contributed by atoms with Crippen molar-refractivity contribution in [3.8, 4) is 0 Å². The molecule has 2 aromatic carbocycles. The number of aromatic amines is 1. The Morgan fingerprint density at radius 1 is 1.06 bits per heavy atom. The van der Waals surface area contributed by atoms with Crippen LogP contribution in [-0.4, -0.2) is 45.4 Å². The van der Waals surface area contributed by atoms with Gasteiger partial charge in [0.15, 0.2) is 0 Å². The van der Waals surface area contributed by atoms with Gasteiger partial charge < -0.3 is 15.0 Å². The number of anilines is 1. The first kappa shape index (κ1) is 23.9. The molecule has 1 atom stereocenters. The number of fused-ring (bicyclic) bond motifs is 1. The number of non-ortho nitro benzene ring substituents is 1. The highest BCUT2D eigenvalue weighted by Gasteiger charge is 2.40. The molecule has 12 heteroatoms. The van der Waals surface area contributed by atoms with Crippen LogP contribution in [0, 0.1) is 24.0 Å². The van der Waals surface area contributed by atoms with Crippen molar-refractivity contribution in [2.24, 2.45) is 0 Å². The summed E-state index contributed by atoms with van der Waals surface area (Å²) in [5.41, 5.74) is -0.157. The number of H-pyrrole nitrogens is 1. The van der Waals surface area contributed by atoms with Crippen LogP contribution in [0.2, 0.25) is 0 Å². The van der Waals surface area contributed by atoms with E-state index in [0.29, 0.717) is 0 Å². The average Bonchev–Trinajstić information content (AvgIpc) is 2.80. The number of hydrogen-bond acceptors (Lipinski definition) is 9. The van der Waals surface area contributed by atoms with Crippen LogP contribution in [0.5, 0.6) is 0 Å². The highest BCUT2D eigenvalue weighted by molar-refractivity contribution is 6.52. The van der Waals surface area contributed by atoms with E-state index in [9.17, 15) is 34.1 Å². The first-order chi connectivity index (χ1) is 16.0. The summed E-state index contributed by atoms with van der Waals surface area (Å²) in [6, 6.07) is 8.18. The molecule has 2 N–H and O–H groups in total. The highest BCUT2D eigenvalue weighted by Crippen LogP contribution is 2.21. The van der Waals surface area contributed by atoms with Gasteiger partial charge in [0.1, 0.15) is 11.6 Å². The molecular formula is C22H18N4O8. The van der Waals surface area contributed by atoms with Gasteiger partial charge in [0.05, 0.1) is 23.1 Å². The number of amides is 1. The second kappa shape index (κ2) is 9.40. The molecule has 3 rings (SSSR count). The van der Waals surface area contributed by atoms with Crippen LogP contribution < -0.4 is 10.9 Å². The number of benzene rings is 2. The zero-order valence-electron chi connectivity index (χ0n) is 18.2. The maximum absolute atomic E-state index is 13.0. The summed E-state index contributed by atoms with van der Waals surface area (Å²) < 4.78 is 4.37. The molecule has 12 nitrogen and oxygen atoms in total. The van der Waals surface area contributed by atoms with Crippen LogP contribution in [0.25, 0.3) is 11.0 Å². The number of nitro groups is 1. The van der Waals surface area contributed by atoms with Gasteiger partial charge in [0.2, 0.25) is 5.78 Å². The molecular weight excluding hydrogens is 448 g/mol. The standard InChI is InChI=1S/C22H18N4O8/c1-10-4-5-12(8-11(10)2)23-21(30)18(27)16(19(28)22(31)34-3)17-20(29)25-15-9-13(26(32)33)6-7-14(15)24-17/h4-9,16H,1-3H3,(H,23,30)(H,25,29). The Bertz CT molecular complexity index is 1430. The molecule has 1 heterocycles. The predicted molar refractivity (Wildman–Crippen MR) is 118 cm³/mol. The number of aromatic nitrogens is 2. The molecule has 1 aromatic heterocycles. The molecule has 174 valence electrons. The highest BCUT2D eigenvalue weighted by atomic mass is 16.6. The van der Waals surface area contributed by atoms with E-state index in [1.165, 1.54) is 6.07 Å². The van der Waals surface area contributed by atoms with E-state index in [1.54, 1.807) is 25.1 Å². The number of ketones is 2. The van der Waals surface area contributed by atoms with Gasteiger partial charge >= 0.3 is 5.97 Å². The van der Waals surface area contributed by atoms with E-state index in [4.69, 9.17) is 0 Å². The number of nitrogens with one attached hydrogen (secondary N) is 2. The van der Waals surface area contributed by atoms with Crippen molar-refractivity contribution in [3.05, 3.63) is 73.7 Å². The summed E-state index contributed by atoms with van der Waals surface area (Å²) in [4.78, 5) is 79.4. The van der Waals surface area contributed by atoms with Crippen molar-refractivity contribution in [2.75, 3.05) is 12.4 Å². The Labute approximate surface area is 191 Å². The molecule has 0 aliphatic heterocycles. The summed E-state index contributed by atoms with van der Waals surface area (Å²) in [5, 5.41) is 13.3. The molecule has 0 radical (unpaired) electrons. The number of esters is 1. The smallest absolute Gasteiger partial charge is 0.375 e. The van der Waals surface area contributed by atoms with E-state index in [2.05, 4.69) is 20.0 Å². The number of aryl methyl sites for hydroxylation is 2. The minimum atomic E-state index is -2.19. The van der Waals surface area contributed by atoms with Crippen LogP contribution in [0.3, 0.4) is 0 Å². The van der Waals surface area contributed by atoms with Crippen molar-refractivity contribution >= 4 is 45.9 Å². The minimum Gasteiger partial charge on any atom is -0.463 e. The first-order valence-electron chi connectivity index (χ1n) is 9.76. The Hall–Kier alpha value is -4.74. The lowest BCUT2D eigenvalue weighted by molar-refractivity contribution is -0.384. The molecule has 3 aromatic rings. The fourth-order valence-corrected chi connectivity index (χ4v) is 3.13. The van der Waals surface area contributed by atoms with E-state index in [1.807, 2.05) is 6.92 Å². The van der Waals surface area contributed by atoms with Gasteiger partial charge in [0, 0.05) is 17.8 Å². The van der Waals surface area contributed by atoms with Crippen LogP contribution >= 0.6 is 0 Å². The molecule has 0 saturated carbocycles. The summed E-state index contributed by atoms with van der Waals surface area (Å²) in [6.07, 6.45) is 0. The third kappa shape index (κ3) is 4.70. The number of carbonyl (C=O) groups is 4. The number of hydrogen-bond donors (Lipinski definition) is 2. The molecule has 1 unspecified atom stereocenters. The Morgan fingerprint density at radius 3 is 2.38 bits per heavy atom. The quantitative estimate of drug-likeness (QED) is 0.171. The summed E-state index contributed by atoms with van der Waals surface area (Å²) in [5.74, 6) is -7.78. The topological polar surface area (TPSA) is 178 Å². The van der Waals surface area contributed by atoms with Gasteiger partial charge in [-0.1, -0.05) is 6.07 Å². The van der Waals surface area contributed by atoms with Crippen molar-refractivity contribution in [1.29, 1.82) is 0 Å². The molecule has 34 heavy (non-hydrogen) atoms. The van der Waals surface area contributed by atoms with Gasteiger partial charge in [-0.3, -0.25) is 29.3 Å². The fraction of sp³-hybridized carbons (Fsp3) is 0.182. The number of nitrogens with zero attached hydrogens (tertiary/aromatic N) is 2. The zero-order valence-corrected chi connectivity index (χ0v) is 18.2. The van der Waals surface area contributed by atoms with Crippen molar-refractivity contribution in [2.45, 2.75) is 19.8 Å². The third-order valence-corrected chi connectivity index (χ3v) is 5.09. The zero-order chi connectivity index (χ0) is 25.2. The van der Waals surface area contributed by atoms with E-state index < -0.39 is 45.5 Å². The number of rotatable bonds is 7. The molecule has 0 bridgehead atoms. The van der Waals surface area contributed by atoms with Gasteiger partial charge in [-0.05, 0) is 43.2 Å². The van der Waals surface area contributed by atoms with Gasteiger partial charge in [-0.15, -0.1) is 0 Å². The van der Waals surface area contributed by atoms with E-state index >= 15 is 0 Å². The SMILES string of the molecule is COC(=O)C(=O)C(C(=O)C(=O)Nc1ccc(C)c(C)c1)c1nc2ccc([N+](=O)[O-])cc2[nH]c1=O. The van der Waals surface area contributed by atoms with Crippen molar-refractivity contribution in [1.82, 2.24) is 9.97 Å². The summed E-state index contributed by atoms with van der Waals surface area (Å²) >= 11 is 0. The van der Waals surface area contributed by atoms with E-state index in [0.717, 1.165) is 30.4 Å². The van der Waals surface area contributed by atoms with Crippen molar-refractivity contribution < 1.29 is 28.8 Å². The predicted octanol–water partition coefficient (Wildman–Crippen LogP) is 1.48. The largest absolute Gasteiger partial charge is 0.463 e. The molecule has 0 spiro atoms. The Kier molecular flexibility index (Phi) is 6.61. The van der Waals surface area contributed by atoms with Crippen LogP contribution in [0.15, 0.2) is 41.2 Å². The fourth-order valence-electron chi connectivity index (χ4n) is 3.13. The second-order valence-corrected chi connectivity index (χ2v) is 7.32. The lowest BCUT2D eigenvalue weighted by atomic mass is 9.94. The molecule has 0 saturated heterocycles. The van der Waals surface area contributed by atoms with Crippen LogP contribution in [0.4, 0.5) is 11.4 Å². The van der Waals surface area contributed by atoms with Crippen molar-refractivity contribution in [3.63, 3.8) is 0 Å². The number of ether oxygens (including phenoxy) is 1.